The Morgan fingerprint density at radius 3 is 2.47 bits per heavy atom. The highest BCUT2D eigenvalue weighted by molar-refractivity contribution is 5.78. The fraction of sp³-hybridized carbons (Fsp3) is 0.909. The van der Waals surface area contributed by atoms with E-state index in [1.54, 1.807) is 7.11 Å². The van der Waals surface area contributed by atoms with E-state index in [2.05, 4.69) is 10.6 Å². The molecule has 0 aliphatic rings. The third kappa shape index (κ3) is 8.39. The van der Waals surface area contributed by atoms with Gasteiger partial charge in [0, 0.05) is 13.2 Å². The summed E-state index contributed by atoms with van der Waals surface area (Å²) in [5.41, 5.74) is -0.123. The molecule has 0 aliphatic heterocycles. The van der Waals surface area contributed by atoms with Crippen LogP contribution in [0.5, 0.6) is 0 Å². The second-order valence-electron chi connectivity index (χ2n) is 4.61. The van der Waals surface area contributed by atoms with Crippen LogP contribution in [0.25, 0.3) is 0 Å². The van der Waals surface area contributed by atoms with E-state index in [-0.39, 0.29) is 17.6 Å². The van der Waals surface area contributed by atoms with Gasteiger partial charge in [-0.05, 0) is 40.7 Å². The van der Waals surface area contributed by atoms with Gasteiger partial charge < -0.3 is 15.4 Å². The van der Waals surface area contributed by atoms with E-state index in [0.29, 0.717) is 6.54 Å². The first kappa shape index (κ1) is 14.4. The molecule has 0 spiro atoms. The molecule has 0 atom stereocenters. The van der Waals surface area contributed by atoms with Crippen molar-refractivity contribution in [3.05, 3.63) is 0 Å². The van der Waals surface area contributed by atoms with Crippen LogP contribution in [0.4, 0.5) is 0 Å². The second kappa shape index (κ2) is 6.80. The first-order chi connectivity index (χ1) is 6.87. The van der Waals surface area contributed by atoms with Crippen LogP contribution in [0.1, 0.15) is 34.1 Å². The van der Waals surface area contributed by atoms with Gasteiger partial charge in [-0.3, -0.25) is 4.79 Å². The maximum Gasteiger partial charge on any atom is 0.234 e. The van der Waals surface area contributed by atoms with Crippen LogP contribution < -0.4 is 10.6 Å². The summed E-state index contributed by atoms with van der Waals surface area (Å²) in [4.78, 5) is 11.2. The molecule has 90 valence electrons. The van der Waals surface area contributed by atoms with Crippen LogP contribution in [0.15, 0.2) is 0 Å². The molecule has 0 unspecified atom stereocenters. The molecule has 0 aromatic carbocycles. The van der Waals surface area contributed by atoms with Crippen LogP contribution in [-0.2, 0) is 9.53 Å². The third-order valence-electron chi connectivity index (χ3n) is 2.19. The molecule has 0 aromatic heterocycles. The summed E-state index contributed by atoms with van der Waals surface area (Å²) in [5, 5.41) is 5.91. The topological polar surface area (TPSA) is 50.4 Å². The number of ether oxygens (including phenoxy) is 1. The van der Waals surface area contributed by atoms with E-state index < -0.39 is 0 Å². The van der Waals surface area contributed by atoms with Gasteiger partial charge in [0.05, 0.1) is 12.1 Å². The van der Waals surface area contributed by atoms with E-state index >= 15 is 0 Å². The van der Waals surface area contributed by atoms with Crippen LogP contribution in [0.3, 0.4) is 0 Å². The molecule has 0 aromatic rings. The number of carbonyl (C=O) groups is 1. The van der Waals surface area contributed by atoms with Crippen molar-refractivity contribution in [2.75, 3.05) is 20.2 Å². The Kier molecular flexibility index (Phi) is 6.52. The molecule has 0 aliphatic carbocycles. The highest BCUT2D eigenvalue weighted by atomic mass is 16.5. The lowest BCUT2D eigenvalue weighted by atomic mass is 10.1. The first-order valence-electron chi connectivity index (χ1n) is 5.42. The molecule has 0 fully saturated rings. The summed E-state index contributed by atoms with van der Waals surface area (Å²) in [6, 6.07) is 0.203. The fourth-order valence-corrected chi connectivity index (χ4v) is 1.07. The van der Waals surface area contributed by atoms with Crippen molar-refractivity contribution >= 4 is 5.91 Å². The van der Waals surface area contributed by atoms with Gasteiger partial charge in [0.2, 0.25) is 5.91 Å². The summed E-state index contributed by atoms with van der Waals surface area (Å²) in [6.07, 6.45) is 0.887. The number of methoxy groups -OCH3 is 1. The van der Waals surface area contributed by atoms with Gasteiger partial charge >= 0.3 is 0 Å². The van der Waals surface area contributed by atoms with Crippen molar-refractivity contribution < 1.29 is 9.53 Å². The van der Waals surface area contributed by atoms with E-state index in [1.165, 1.54) is 0 Å². The number of rotatable bonds is 7. The average Bonchev–Trinajstić information content (AvgIpc) is 2.11. The molecule has 1 amide bonds. The van der Waals surface area contributed by atoms with Crippen molar-refractivity contribution in [2.45, 2.75) is 45.8 Å². The Hall–Kier alpha value is -0.610. The molecule has 0 saturated heterocycles. The SMILES string of the molecule is COC(C)(C)CCNCC(=O)NC(C)C. The third-order valence-corrected chi connectivity index (χ3v) is 2.19. The lowest BCUT2D eigenvalue weighted by Crippen LogP contribution is -2.39. The predicted molar refractivity (Wildman–Crippen MR) is 61.9 cm³/mol. The molecule has 0 saturated carbocycles. The van der Waals surface area contributed by atoms with Crippen molar-refractivity contribution in [1.82, 2.24) is 10.6 Å². The Bertz CT molecular complexity index is 191. The monoisotopic (exact) mass is 216 g/mol. The minimum absolute atomic E-state index is 0.0419. The highest BCUT2D eigenvalue weighted by Crippen LogP contribution is 2.10. The maximum absolute atomic E-state index is 11.2. The van der Waals surface area contributed by atoms with Gasteiger partial charge in [0.25, 0.3) is 0 Å². The summed E-state index contributed by atoms with van der Waals surface area (Å²) in [7, 11) is 1.70. The number of hydrogen-bond acceptors (Lipinski definition) is 3. The summed E-state index contributed by atoms with van der Waals surface area (Å²) < 4.78 is 5.27. The average molecular weight is 216 g/mol. The number of hydrogen-bond donors (Lipinski definition) is 2. The van der Waals surface area contributed by atoms with Gasteiger partial charge in [0.1, 0.15) is 0 Å². The summed E-state index contributed by atoms with van der Waals surface area (Å²) in [5.74, 6) is 0.0419. The number of nitrogens with one attached hydrogen (secondary N) is 2. The minimum Gasteiger partial charge on any atom is -0.379 e. The molecule has 4 nitrogen and oxygen atoms in total. The van der Waals surface area contributed by atoms with E-state index in [4.69, 9.17) is 4.74 Å². The van der Waals surface area contributed by atoms with E-state index in [9.17, 15) is 4.79 Å². The molecule has 0 radical (unpaired) electrons. The fourth-order valence-electron chi connectivity index (χ4n) is 1.07. The molecule has 0 bridgehead atoms. The van der Waals surface area contributed by atoms with Crippen molar-refractivity contribution in [3.8, 4) is 0 Å². The molecule has 15 heavy (non-hydrogen) atoms. The Labute approximate surface area is 92.8 Å². The lowest BCUT2D eigenvalue weighted by molar-refractivity contribution is -0.120. The van der Waals surface area contributed by atoms with Gasteiger partial charge in [0.15, 0.2) is 0 Å². The zero-order valence-corrected chi connectivity index (χ0v) is 10.5. The standard InChI is InChI=1S/C11H24N2O2/c1-9(2)13-10(14)8-12-7-6-11(3,4)15-5/h9,12H,6-8H2,1-5H3,(H,13,14). The Morgan fingerprint density at radius 2 is 2.00 bits per heavy atom. The smallest absolute Gasteiger partial charge is 0.234 e. The molecule has 4 heteroatoms. The van der Waals surface area contributed by atoms with Crippen LogP contribution in [0, 0.1) is 0 Å². The van der Waals surface area contributed by atoms with Crippen LogP contribution >= 0.6 is 0 Å². The van der Waals surface area contributed by atoms with Crippen LogP contribution in [0.2, 0.25) is 0 Å². The summed E-state index contributed by atoms with van der Waals surface area (Å²) >= 11 is 0. The number of carbonyl (C=O) groups excluding carboxylic acids is 1. The highest BCUT2D eigenvalue weighted by Gasteiger charge is 2.15. The van der Waals surface area contributed by atoms with Crippen molar-refractivity contribution in [3.63, 3.8) is 0 Å². The van der Waals surface area contributed by atoms with E-state index in [1.807, 2.05) is 27.7 Å². The van der Waals surface area contributed by atoms with Gasteiger partial charge in [-0.25, -0.2) is 0 Å². The largest absolute Gasteiger partial charge is 0.379 e. The molecule has 0 heterocycles. The van der Waals surface area contributed by atoms with E-state index in [0.717, 1.165) is 13.0 Å². The predicted octanol–water partition coefficient (Wildman–Crippen LogP) is 0.916. The van der Waals surface area contributed by atoms with Gasteiger partial charge in [-0.2, -0.15) is 0 Å². The second-order valence-corrected chi connectivity index (χ2v) is 4.61. The zero-order valence-electron chi connectivity index (χ0n) is 10.5. The quantitative estimate of drug-likeness (QED) is 0.622. The van der Waals surface area contributed by atoms with Crippen molar-refractivity contribution in [1.29, 1.82) is 0 Å². The van der Waals surface area contributed by atoms with Gasteiger partial charge in [-0.1, -0.05) is 0 Å². The van der Waals surface area contributed by atoms with Gasteiger partial charge in [-0.15, -0.1) is 0 Å². The normalized spacial score (nSPS) is 11.9. The van der Waals surface area contributed by atoms with Crippen molar-refractivity contribution in [2.24, 2.45) is 0 Å². The molecular weight excluding hydrogens is 192 g/mol. The lowest BCUT2D eigenvalue weighted by Gasteiger charge is -2.22. The molecule has 2 N–H and O–H groups in total. The Balaban J connectivity index is 3.50. The maximum atomic E-state index is 11.2. The summed E-state index contributed by atoms with van der Waals surface area (Å²) in [6.45, 7) is 9.12. The first-order valence-corrected chi connectivity index (χ1v) is 5.42. The molecule has 0 rings (SSSR count). The zero-order chi connectivity index (χ0) is 11.9. The Morgan fingerprint density at radius 1 is 1.40 bits per heavy atom. The molecular formula is C11H24N2O2. The number of amides is 1. The minimum atomic E-state index is -0.123. The van der Waals surface area contributed by atoms with Crippen LogP contribution in [-0.4, -0.2) is 37.7 Å².